The fourth-order valence-corrected chi connectivity index (χ4v) is 2.06. The average molecular weight is 260 g/mol. The van der Waals surface area contributed by atoms with Gasteiger partial charge in [-0.05, 0) is 43.5 Å². The predicted molar refractivity (Wildman–Crippen MR) is 72.9 cm³/mol. The van der Waals surface area contributed by atoms with E-state index in [1.54, 1.807) is 24.3 Å². The molecule has 4 heteroatoms. The minimum Gasteiger partial charge on any atom is -0.491 e. The minimum absolute atomic E-state index is 0.243. The largest absolute Gasteiger partial charge is 0.491 e. The second-order valence-corrected chi connectivity index (χ2v) is 5.06. The van der Waals surface area contributed by atoms with E-state index >= 15 is 0 Å². The van der Waals surface area contributed by atoms with E-state index in [0.29, 0.717) is 17.9 Å². The van der Waals surface area contributed by atoms with Crippen LogP contribution in [0.25, 0.3) is 0 Å². The molecule has 1 aromatic rings. The summed E-state index contributed by atoms with van der Waals surface area (Å²) in [6.07, 6.45) is 3.43. The van der Waals surface area contributed by atoms with Crippen molar-refractivity contribution in [3.05, 3.63) is 29.8 Å². The molecule has 1 saturated carbocycles. The Balaban J connectivity index is 1.64. The molecule has 4 nitrogen and oxygen atoms in total. The molecule has 1 aromatic carbocycles. The summed E-state index contributed by atoms with van der Waals surface area (Å²) in [5.41, 5.74) is 0.565. The van der Waals surface area contributed by atoms with E-state index < -0.39 is 6.10 Å². The van der Waals surface area contributed by atoms with Crippen LogP contribution in [0.15, 0.2) is 24.3 Å². The lowest BCUT2D eigenvalue weighted by Gasteiger charge is -2.26. The highest BCUT2D eigenvalue weighted by molar-refractivity contribution is 5.36. The number of nitrogens with zero attached hydrogens (tertiary/aromatic N) is 1. The third kappa shape index (κ3) is 4.55. The molecule has 1 unspecified atom stereocenters. The van der Waals surface area contributed by atoms with Crippen LogP contribution >= 0.6 is 0 Å². The van der Waals surface area contributed by atoms with E-state index in [9.17, 15) is 5.11 Å². The number of aliphatic hydroxyl groups excluding tert-OH is 1. The molecule has 2 rings (SSSR count). The minimum atomic E-state index is -0.522. The van der Waals surface area contributed by atoms with Crippen molar-refractivity contribution in [1.82, 2.24) is 5.32 Å². The monoisotopic (exact) mass is 260 g/mol. The molecule has 1 fully saturated rings. The summed E-state index contributed by atoms with van der Waals surface area (Å²) in [4.78, 5) is 0. The molecule has 1 aliphatic carbocycles. The number of ether oxygens (including phenoxy) is 1. The van der Waals surface area contributed by atoms with Gasteiger partial charge in [-0.1, -0.05) is 12.5 Å². The van der Waals surface area contributed by atoms with Crippen molar-refractivity contribution in [2.75, 3.05) is 19.7 Å². The molecular formula is C15H20N2O2. The second-order valence-electron chi connectivity index (χ2n) is 5.06. The van der Waals surface area contributed by atoms with Crippen molar-refractivity contribution in [2.45, 2.75) is 25.4 Å². The molecule has 1 aliphatic rings. The van der Waals surface area contributed by atoms with Crippen molar-refractivity contribution in [3.8, 4) is 11.8 Å². The normalized spacial score (nSPS) is 16.4. The zero-order chi connectivity index (χ0) is 13.5. The lowest BCUT2D eigenvalue weighted by Crippen LogP contribution is -2.35. The molecule has 0 aromatic heterocycles. The van der Waals surface area contributed by atoms with Crippen LogP contribution in [0.4, 0.5) is 0 Å². The molecule has 0 amide bonds. The standard InChI is InChI=1S/C15H20N2O2/c16-8-13-5-2-6-15(7-13)19-11-14(18)10-17-9-12-3-1-4-12/h2,5-7,12,14,17-18H,1,3-4,9-11H2. The Kier molecular flexibility index (Phi) is 5.20. The molecule has 102 valence electrons. The Morgan fingerprint density at radius 2 is 2.32 bits per heavy atom. The Bertz CT molecular complexity index is 438. The maximum absolute atomic E-state index is 9.79. The van der Waals surface area contributed by atoms with Gasteiger partial charge in [0.15, 0.2) is 0 Å². The van der Waals surface area contributed by atoms with Crippen molar-refractivity contribution in [3.63, 3.8) is 0 Å². The van der Waals surface area contributed by atoms with Crippen molar-refractivity contribution in [1.29, 1.82) is 5.26 Å². The number of hydrogen-bond donors (Lipinski definition) is 2. The molecule has 0 spiro atoms. The van der Waals surface area contributed by atoms with Crippen molar-refractivity contribution < 1.29 is 9.84 Å². The number of benzene rings is 1. The Morgan fingerprint density at radius 3 is 3.00 bits per heavy atom. The lowest BCUT2D eigenvalue weighted by atomic mass is 9.85. The lowest BCUT2D eigenvalue weighted by molar-refractivity contribution is 0.104. The predicted octanol–water partition coefficient (Wildman–Crippen LogP) is 1.69. The number of nitriles is 1. The van der Waals surface area contributed by atoms with Crippen LogP contribution in [0.2, 0.25) is 0 Å². The van der Waals surface area contributed by atoms with Crippen LogP contribution in [0.1, 0.15) is 24.8 Å². The number of rotatable bonds is 7. The third-order valence-corrected chi connectivity index (χ3v) is 3.44. The third-order valence-electron chi connectivity index (χ3n) is 3.44. The van der Waals surface area contributed by atoms with Crippen LogP contribution in [0, 0.1) is 17.2 Å². The van der Waals surface area contributed by atoms with Gasteiger partial charge in [0.2, 0.25) is 0 Å². The van der Waals surface area contributed by atoms with Crippen LogP contribution in [-0.4, -0.2) is 30.9 Å². The summed E-state index contributed by atoms with van der Waals surface area (Å²) in [6.45, 7) is 1.78. The van der Waals surface area contributed by atoms with Gasteiger partial charge in [0.05, 0.1) is 11.6 Å². The summed E-state index contributed by atoms with van der Waals surface area (Å²) in [5, 5.41) is 21.8. The summed E-state index contributed by atoms with van der Waals surface area (Å²) in [7, 11) is 0. The molecule has 0 heterocycles. The van der Waals surface area contributed by atoms with E-state index in [-0.39, 0.29) is 6.61 Å². The van der Waals surface area contributed by atoms with E-state index in [1.165, 1.54) is 19.3 Å². The van der Waals surface area contributed by atoms with Gasteiger partial charge in [-0.3, -0.25) is 0 Å². The summed E-state index contributed by atoms with van der Waals surface area (Å²) < 4.78 is 5.47. The van der Waals surface area contributed by atoms with Gasteiger partial charge in [0, 0.05) is 6.54 Å². The summed E-state index contributed by atoms with van der Waals surface area (Å²) in [6, 6.07) is 9.02. The average Bonchev–Trinajstić information content (AvgIpc) is 2.39. The zero-order valence-electron chi connectivity index (χ0n) is 11.0. The first-order valence-corrected chi connectivity index (χ1v) is 6.79. The number of aliphatic hydroxyl groups is 1. The fourth-order valence-electron chi connectivity index (χ4n) is 2.06. The highest BCUT2D eigenvalue weighted by atomic mass is 16.5. The molecule has 0 radical (unpaired) electrons. The SMILES string of the molecule is N#Cc1cccc(OCC(O)CNCC2CCC2)c1. The molecular weight excluding hydrogens is 240 g/mol. The van der Waals surface area contributed by atoms with Gasteiger partial charge < -0.3 is 15.2 Å². The molecule has 0 bridgehead atoms. The summed E-state index contributed by atoms with van der Waals surface area (Å²) in [5.74, 6) is 1.41. The molecule has 1 atom stereocenters. The number of nitrogens with one attached hydrogen (secondary N) is 1. The molecule has 19 heavy (non-hydrogen) atoms. The van der Waals surface area contributed by atoms with Gasteiger partial charge in [0.25, 0.3) is 0 Å². The zero-order valence-corrected chi connectivity index (χ0v) is 11.0. The van der Waals surface area contributed by atoms with E-state index in [1.807, 2.05) is 0 Å². The van der Waals surface area contributed by atoms with E-state index in [2.05, 4.69) is 11.4 Å². The first kappa shape index (κ1) is 13.9. The Labute approximate surface area is 114 Å². The van der Waals surface area contributed by atoms with Gasteiger partial charge in [-0.2, -0.15) is 5.26 Å². The highest BCUT2D eigenvalue weighted by Crippen LogP contribution is 2.25. The van der Waals surface area contributed by atoms with Crippen LogP contribution in [0.3, 0.4) is 0 Å². The first-order valence-electron chi connectivity index (χ1n) is 6.79. The van der Waals surface area contributed by atoms with Crippen LogP contribution in [0.5, 0.6) is 5.75 Å². The molecule has 0 saturated heterocycles. The van der Waals surface area contributed by atoms with Gasteiger partial charge in [0.1, 0.15) is 18.5 Å². The second kappa shape index (κ2) is 7.13. The van der Waals surface area contributed by atoms with Gasteiger partial charge in [-0.15, -0.1) is 0 Å². The first-order chi connectivity index (χ1) is 9.28. The maximum atomic E-state index is 9.79. The topological polar surface area (TPSA) is 65.3 Å². The maximum Gasteiger partial charge on any atom is 0.120 e. The van der Waals surface area contributed by atoms with Crippen molar-refractivity contribution in [2.24, 2.45) is 5.92 Å². The van der Waals surface area contributed by atoms with E-state index in [0.717, 1.165) is 12.5 Å². The fraction of sp³-hybridized carbons (Fsp3) is 0.533. The number of hydrogen-bond acceptors (Lipinski definition) is 4. The Morgan fingerprint density at radius 1 is 1.47 bits per heavy atom. The highest BCUT2D eigenvalue weighted by Gasteiger charge is 2.17. The quantitative estimate of drug-likeness (QED) is 0.783. The van der Waals surface area contributed by atoms with Gasteiger partial charge >= 0.3 is 0 Å². The van der Waals surface area contributed by atoms with Crippen LogP contribution in [-0.2, 0) is 0 Å². The van der Waals surface area contributed by atoms with Crippen molar-refractivity contribution >= 4 is 0 Å². The smallest absolute Gasteiger partial charge is 0.120 e. The molecule has 2 N–H and O–H groups in total. The van der Waals surface area contributed by atoms with E-state index in [4.69, 9.17) is 10.00 Å². The Hall–Kier alpha value is -1.57. The summed E-state index contributed by atoms with van der Waals surface area (Å²) >= 11 is 0. The van der Waals surface area contributed by atoms with Gasteiger partial charge in [-0.25, -0.2) is 0 Å². The van der Waals surface area contributed by atoms with Crippen LogP contribution < -0.4 is 10.1 Å². The molecule has 0 aliphatic heterocycles.